The molecule has 0 amide bonds. The number of carbonyl (C=O) groups excluding carboxylic acids is 1. The van der Waals surface area contributed by atoms with Gasteiger partial charge in [0.1, 0.15) is 6.04 Å². The van der Waals surface area contributed by atoms with Crippen molar-refractivity contribution in [3.8, 4) is 0 Å². The second kappa shape index (κ2) is 5.97. The normalized spacial score (nSPS) is 13.1. The smallest absolute Gasteiger partial charge is 0.323 e. The zero-order valence-electron chi connectivity index (χ0n) is 10.6. The van der Waals surface area contributed by atoms with E-state index in [0.717, 1.165) is 0 Å². The van der Waals surface area contributed by atoms with E-state index in [1.807, 2.05) is 0 Å². The predicted octanol–water partition coefficient (Wildman–Crippen LogP) is 1.22. The number of aryl methyl sites for hydroxylation is 1. The Morgan fingerprint density at radius 1 is 1.39 bits per heavy atom. The van der Waals surface area contributed by atoms with Crippen molar-refractivity contribution in [3.05, 3.63) is 29.8 Å². The van der Waals surface area contributed by atoms with Crippen LogP contribution in [0.4, 0.5) is 0 Å². The molecule has 1 rings (SSSR count). The van der Waals surface area contributed by atoms with Gasteiger partial charge in [0, 0.05) is 0 Å². The van der Waals surface area contributed by atoms with Gasteiger partial charge in [-0.15, -0.1) is 0 Å². The third kappa shape index (κ3) is 3.54. The van der Waals surface area contributed by atoms with Crippen molar-refractivity contribution >= 4 is 16.0 Å². The van der Waals surface area contributed by atoms with Crippen LogP contribution in [-0.2, 0) is 19.6 Å². The zero-order chi connectivity index (χ0) is 13.8. The lowest BCUT2D eigenvalue weighted by Crippen LogP contribution is -2.39. The van der Waals surface area contributed by atoms with E-state index in [0.29, 0.717) is 5.56 Å². The predicted molar refractivity (Wildman–Crippen MR) is 67.6 cm³/mol. The summed E-state index contributed by atoms with van der Waals surface area (Å²) < 4.78 is 31.2. The standard InChI is InChI=1S/C12H17NO4S/c1-4-17-12(14)10(3)13-18(15,16)11-8-6-5-7-9(11)2/h5-8,10,13H,4H2,1-3H3. The summed E-state index contributed by atoms with van der Waals surface area (Å²) in [4.78, 5) is 11.6. The summed E-state index contributed by atoms with van der Waals surface area (Å²) >= 11 is 0. The van der Waals surface area contributed by atoms with Crippen LogP contribution in [0, 0.1) is 6.92 Å². The van der Waals surface area contributed by atoms with E-state index in [1.165, 1.54) is 13.0 Å². The van der Waals surface area contributed by atoms with Crippen molar-refractivity contribution in [3.63, 3.8) is 0 Å². The lowest BCUT2D eigenvalue weighted by atomic mass is 10.2. The second-order valence-electron chi connectivity index (χ2n) is 3.86. The van der Waals surface area contributed by atoms with Gasteiger partial charge in [0.15, 0.2) is 0 Å². The number of sulfonamides is 1. The van der Waals surface area contributed by atoms with Crippen LogP contribution in [0.1, 0.15) is 19.4 Å². The SMILES string of the molecule is CCOC(=O)C(C)NS(=O)(=O)c1ccccc1C. The lowest BCUT2D eigenvalue weighted by Gasteiger charge is -2.14. The van der Waals surface area contributed by atoms with Gasteiger partial charge in [-0.2, -0.15) is 4.72 Å². The molecule has 0 bridgehead atoms. The summed E-state index contributed by atoms with van der Waals surface area (Å²) in [5.41, 5.74) is 0.626. The van der Waals surface area contributed by atoms with Crippen molar-refractivity contribution in [2.75, 3.05) is 6.61 Å². The van der Waals surface area contributed by atoms with Crippen molar-refractivity contribution in [2.45, 2.75) is 31.7 Å². The maximum absolute atomic E-state index is 12.1. The van der Waals surface area contributed by atoms with Gasteiger partial charge in [-0.05, 0) is 32.4 Å². The van der Waals surface area contributed by atoms with Gasteiger partial charge in [-0.25, -0.2) is 8.42 Å². The molecular formula is C12H17NO4S. The molecule has 0 aliphatic rings. The zero-order valence-corrected chi connectivity index (χ0v) is 11.5. The summed E-state index contributed by atoms with van der Waals surface area (Å²) in [5.74, 6) is -0.588. The third-order valence-electron chi connectivity index (χ3n) is 2.36. The number of hydrogen-bond acceptors (Lipinski definition) is 4. The molecule has 0 aliphatic heterocycles. The fourth-order valence-corrected chi connectivity index (χ4v) is 2.91. The van der Waals surface area contributed by atoms with Gasteiger partial charge in [-0.1, -0.05) is 18.2 Å². The summed E-state index contributed by atoms with van der Waals surface area (Å²) in [6, 6.07) is 5.67. The molecule has 100 valence electrons. The Morgan fingerprint density at radius 2 is 2.00 bits per heavy atom. The average molecular weight is 271 g/mol. The van der Waals surface area contributed by atoms with E-state index in [2.05, 4.69) is 4.72 Å². The topological polar surface area (TPSA) is 72.5 Å². The molecule has 1 aromatic rings. The Kier molecular flexibility index (Phi) is 4.86. The lowest BCUT2D eigenvalue weighted by molar-refractivity contribution is -0.144. The molecule has 1 N–H and O–H groups in total. The molecule has 0 saturated carbocycles. The monoisotopic (exact) mass is 271 g/mol. The molecule has 0 radical (unpaired) electrons. The number of hydrogen-bond donors (Lipinski definition) is 1. The van der Waals surface area contributed by atoms with Crippen LogP contribution in [0.3, 0.4) is 0 Å². The molecule has 0 fully saturated rings. The highest BCUT2D eigenvalue weighted by molar-refractivity contribution is 7.89. The fourth-order valence-electron chi connectivity index (χ4n) is 1.47. The minimum absolute atomic E-state index is 0.168. The van der Waals surface area contributed by atoms with Gasteiger partial charge < -0.3 is 4.74 Å². The maximum atomic E-state index is 12.1. The highest BCUT2D eigenvalue weighted by atomic mass is 32.2. The van der Waals surface area contributed by atoms with E-state index in [1.54, 1.807) is 32.0 Å². The van der Waals surface area contributed by atoms with Crippen molar-refractivity contribution < 1.29 is 17.9 Å². The minimum atomic E-state index is -3.70. The molecule has 1 atom stereocenters. The maximum Gasteiger partial charge on any atom is 0.323 e. The Bertz CT molecular complexity index is 525. The van der Waals surface area contributed by atoms with Crippen molar-refractivity contribution in [1.29, 1.82) is 0 Å². The highest BCUT2D eigenvalue weighted by Crippen LogP contribution is 2.14. The number of nitrogens with one attached hydrogen (secondary N) is 1. The third-order valence-corrected chi connectivity index (χ3v) is 4.06. The summed E-state index contributed by atoms with van der Waals surface area (Å²) in [6.07, 6.45) is 0. The van der Waals surface area contributed by atoms with Gasteiger partial charge in [0.05, 0.1) is 11.5 Å². The van der Waals surface area contributed by atoms with Gasteiger partial charge in [0.25, 0.3) is 0 Å². The Balaban J connectivity index is 2.90. The molecule has 0 heterocycles. The van der Waals surface area contributed by atoms with Gasteiger partial charge in [-0.3, -0.25) is 4.79 Å². The molecule has 1 unspecified atom stereocenters. The van der Waals surface area contributed by atoms with Crippen LogP contribution in [-0.4, -0.2) is 27.0 Å². The van der Waals surface area contributed by atoms with Gasteiger partial charge >= 0.3 is 5.97 Å². The van der Waals surface area contributed by atoms with Crippen LogP contribution < -0.4 is 4.72 Å². The average Bonchev–Trinajstić information content (AvgIpc) is 2.29. The van der Waals surface area contributed by atoms with E-state index in [4.69, 9.17) is 4.74 Å². The molecule has 0 saturated heterocycles. The second-order valence-corrected chi connectivity index (χ2v) is 5.54. The van der Waals surface area contributed by atoms with E-state index in [9.17, 15) is 13.2 Å². The Morgan fingerprint density at radius 3 is 2.56 bits per heavy atom. The first-order valence-corrected chi connectivity index (χ1v) is 7.11. The molecule has 0 aromatic heterocycles. The molecule has 5 nitrogen and oxygen atoms in total. The fraction of sp³-hybridized carbons (Fsp3) is 0.417. The summed E-state index contributed by atoms with van der Waals surface area (Å²) in [5, 5.41) is 0. The molecule has 18 heavy (non-hydrogen) atoms. The number of benzene rings is 1. The van der Waals surface area contributed by atoms with Crippen molar-refractivity contribution in [2.24, 2.45) is 0 Å². The summed E-state index contributed by atoms with van der Waals surface area (Å²) in [7, 11) is -3.70. The summed E-state index contributed by atoms with van der Waals surface area (Å²) in [6.45, 7) is 5.03. The molecule has 1 aromatic carbocycles. The number of rotatable bonds is 5. The Hall–Kier alpha value is -1.40. The van der Waals surface area contributed by atoms with Crippen molar-refractivity contribution in [1.82, 2.24) is 4.72 Å². The number of esters is 1. The number of ether oxygens (including phenoxy) is 1. The van der Waals surface area contributed by atoms with E-state index < -0.39 is 22.0 Å². The van der Waals surface area contributed by atoms with Crippen LogP contribution in [0.2, 0.25) is 0 Å². The first-order chi connectivity index (χ1) is 8.38. The van der Waals surface area contributed by atoms with Crippen LogP contribution >= 0.6 is 0 Å². The molecule has 0 spiro atoms. The number of carbonyl (C=O) groups is 1. The molecule has 6 heteroatoms. The minimum Gasteiger partial charge on any atom is -0.465 e. The first kappa shape index (κ1) is 14.7. The highest BCUT2D eigenvalue weighted by Gasteiger charge is 2.23. The van der Waals surface area contributed by atoms with Crippen LogP contribution in [0.25, 0.3) is 0 Å². The van der Waals surface area contributed by atoms with Crippen LogP contribution in [0.15, 0.2) is 29.2 Å². The molecular weight excluding hydrogens is 254 g/mol. The molecule has 0 aliphatic carbocycles. The first-order valence-electron chi connectivity index (χ1n) is 5.63. The van der Waals surface area contributed by atoms with Crippen LogP contribution in [0.5, 0.6) is 0 Å². The van der Waals surface area contributed by atoms with Gasteiger partial charge in [0.2, 0.25) is 10.0 Å². The van der Waals surface area contributed by atoms with E-state index >= 15 is 0 Å². The largest absolute Gasteiger partial charge is 0.465 e. The van der Waals surface area contributed by atoms with E-state index in [-0.39, 0.29) is 11.5 Å². The quantitative estimate of drug-likeness (QED) is 0.817. The Labute approximate surface area is 107 Å².